The highest BCUT2D eigenvalue weighted by Gasteiger charge is 2.14. The van der Waals surface area contributed by atoms with E-state index in [2.05, 4.69) is 12.0 Å². The van der Waals surface area contributed by atoms with Crippen molar-refractivity contribution in [3.05, 3.63) is 46.8 Å². The van der Waals surface area contributed by atoms with Gasteiger partial charge in [-0.25, -0.2) is 4.39 Å². The Balaban J connectivity index is 2.85. The summed E-state index contributed by atoms with van der Waals surface area (Å²) in [4.78, 5) is 0. The topological polar surface area (TPSA) is 38.0 Å². The van der Waals surface area contributed by atoms with Crippen molar-refractivity contribution in [1.82, 2.24) is 5.43 Å². The second kappa shape index (κ2) is 5.99. The van der Waals surface area contributed by atoms with Crippen LogP contribution < -0.4 is 11.3 Å². The number of allylic oxidation sites excluding steroid dienone is 1. The highest BCUT2D eigenvalue weighted by molar-refractivity contribution is 6.30. The molecule has 0 aliphatic rings. The van der Waals surface area contributed by atoms with Crippen LogP contribution >= 0.6 is 11.6 Å². The molecule has 16 heavy (non-hydrogen) atoms. The molecule has 1 unspecified atom stereocenters. The van der Waals surface area contributed by atoms with E-state index < -0.39 is 0 Å². The number of hydrogen-bond donors (Lipinski definition) is 2. The first kappa shape index (κ1) is 13.2. The van der Waals surface area contributed by atoms with Gasteiger partial charge < -0.3 is 0 Å². The third-order valence-corrected chi connectivity index (χ3v) is 2.63. The minimum absolute atomic E-state index is 0.240. The van der Waals surface area contributed by atoms with Gasteiger partial charge in [-0.05, 0) is 38.0 Å². The van der Waals surface area contributed by atoms with Gasteiger partial charge in [0.2, 0.25) is 0 Å². The summed E-state index contributed by atoms with van der Waals surface area (Å²) in [6.45, 7) is 5.74. The molecule has 0 fully saturated rings. The highest BCUT2D eigenvalue weighted by Crippen LogP contribution is 2.25. The van der Waals surface area contributed by atoms with Crippen molar-refractivity contribution in [2.75, 3.05) is 0 Å². The zero-order chi connectivity index (χ0) is 12.1. The summed E-state index contributed by atoms with van der Waals surface area (Å²) in [5.74, 6) is 5.12. The fraction of sp³-hybridized carbons (Fsp3) is 0.333. The van der Waals surface area contributed by atoms with Gasteiger partial charge in [0.1, 0.15) is 5.82 Å². The fourth-order valence-corrected chi connectivity index (χ4v) is 1.68. The van der Waals surface area contributed by atoms with E-state index in [0.29, 0.717) is 17.0 Å². The molecule has 0 aliphatic heterocycles. The van der Waals surface area contributed by atoms with E-state index in [4.69, 9.17) is 17.4 Å². The van der Waals surface area contributed by atoms with Crippen molar-refractivity contribution in [2.24, 2.45) is 5.84 Å². The molecule has 4 heteroatoms. The molecule has 1 atom stereocenters. The predicted molar refractivity (Wildman–Crippen MR) is 65.5 cm³/mol. The normalized spacial score (nSPS) is 12.5. The van der Waals surface area contributed by atoms with Crippen LogP contribution in [0.1, 0.15) is 31.4 Å². The Morgan fingerprint density at radius 3 is 2.88 bits per heavy atom. The first-order chi connectivity index (χ1) is 7.54. The average molecular weight is 243 g/mol. The van der Waals surface area contributed by atoms with Gasteiger partial charge in [0, 0.05) is 16.6 Å². The molecule has 0 radical (unpaired) electrons. The molecule has 0 saturated heterocycles. The van der Waals surface area contributed by atoms with Crippen molar-refractivity contribution in [3.8, 4) is 0 Å². The van der Waals surface area contributed by atoms with Gasteiger partial charge in [-0.15, -0.1) is 6.58 Å². The standard InChI is InChI=1S/C12H16ClFN2/c1-8(2)3-6-12(16-15)10-7-9(13)4-5-11(10)14/h4-5,7,12,16H,1,3,6,15H2,2H3. The third-order valence-electron chi connectivity index (χ3n) is 2.39. The fourth-order valence-electron chi connectivity index (χ4n) is 1.50. The van der Waals surface area contributed by atoms with Crippen molar-refractivity contribution in [3.63, 3.8) is 0 Å². The SMILES string of the molecule is C=C(C)CCC(NN)c1cc(Cl)ccc1F. The maximum atomic E-state index is 13.6. The van der Waals surface area contributed by atoms with Crippen molar-refractivity contribution in [2.45, 2.75) is 25.8 Å². The monoisotopic (exact) mass is 242 g/mol. The molecule has 1 aromatic carbocycles. The maximum absolute atomic E-state index is 13.6. The van der Waals surface area contributed by atoms with Crippen LogP contribution in [0.15, 0.2) is 30.4 Å². The summed E-state index contributed by atoms with van der Waals surface area (Å²) in [6.07, 6.45) is 1.49. The molecule has 0 bridgehead atoms. The van der Waals surface area contributed by atoms with Gasteiger partial charge in [-0.3, -0.25) is 11.3 Å². The Morgan fingerprint density at radius 1 is 1.62 bits per heavy atom. The Kier molecular flexibility index (Phi) is 4.93. The molecule has 0 saturated carbocycles. The van der Waals surface area contributed by atoms with E-state index in [1.807, 2.05) is 6.92 Å². The molecular weight excluding hydrogens is 227 g/mol. The summed E-state index contributed by atoms with van der Waals surface area (Å²) in [5.41, 5.74) is 4.14. The lowest BCUT2D eigenvalue weighted by Gasteiger charge is -2.17. The van der Waals surface area contributed by atoms with Gasteiger partial charge in [0.05, 0.1) is 0 Å². The van der Waals surface area contributed by atoms with E-state index in [9.17, 15) is 4.39 Å². The highest BCUT2D eigenvalue weighted by atomic mass is 35.5. The molecule has 3 N–H and O–H groups in total. The summed E-state index contributed by atoms with van der Waals surface area (Å²) in [7, 11) is 0. The van der Waals surface area contributed by atoms with Gasteiger partial charge >= 0.3 is 0 Å². The molecule has 0 heterocycles. The summed E-state index contributed by atoms with van der Waals surface area (Å²) in [6, 6.07) is 4.23. The lowest BCUT2D eigenvalue weighted by atomic mass is 10.00. The Bertz CT molecular complexity index is 379. The molecule has 0 aromatic heterocycles. The van der Waals surface area contributed by atoms with E-state index in [-0.39, 0.29) is 11.9 Å². The molecule has 0 spiro atoms. The maximum Gasteiger partial charge on any atom is 0.128 e. The molecule has 88 valence electrons. The Hall–Kier alpha value is -0.900. The number of benzene rings is 1. The summed E-state index contributed by atoms with van der Waals surface area (Å²) >= 11 is 5.83. The van der Waals surface area contributed by atoms with Crippen LogP contribution in [0, 0.1) is 5.82 Å². The third kappa shape index (κ3) is 3.59. The summed E-state index contributed by atoms with van der Waals surface area (Å²) in [5, 5.41) is 0.506. The van der Waals surface area contributed by atoms with Crippen LogP contribution in [0.5, 0.6) is 0 Å². The molecule has 0 amide bonds. The Morgan fingerprint density at radius 2 is 2.31 bits per heavy atom. The van der Waals surface area contributed by atoms with Crippen molar-refractivity contribution >= 4 is 11.6 Å². The zero-order valence-electron chi connectivity index (χ0n) is 9.26. The largest absolute Gasteiger partial charge is 0.271 e. The van der Waals surface area contributed by atoms with E-state index in [1.165, 1.54) is 12.1 Å². The number of hydrazine groups is 1. The van der Waals surface area contributed by atoms with Gasteiger partial charge in [0.15, 0.2) is 0 Å². The molecule has 0 aliphatic carbocycles. The second-order valence-corrected chi connectivity index (χ2v) is 4.32. The van der Waals surface area contributed by atoms with E-state index >= 15 is 0 Å². The van der Waals surface area contributed by atoms with Crippen molar-refractivity contribution in [1.29, 1.82) is 0 Å². The van der Waals surface area contributed by atoms with Crippen molar-refractivity contribution < 1.29 is 4.39 Å². The smallest absolute Gasteiger partial charge is 0.128 e. The van der Waals surface area contributed by atoms with E-state index in [1.54, 1.807) is 6.07 Å². The van der Waals surface area contributed by atoms with Crippen LogP contribution in [0.25, 0.3) is 0 Å². The lowest BCUT2D eigenvalue weighted by Crippen LogP contribution is -2.28. The number of hydrogen-bond acceptors (Lipinski definition) is 2. The summed E-state index contributed by atoms with van der Waals surface area (Å²) < 4.78 is 13.6. The Labute approximate surface area is 100 Å². The minimum Gasteiger partial charge on any atom is -0.271 e. The number of rotatable bonds is 5. The van der Waals surface area contributed by atoms with Gasteiger partial charge in [0.25, 0.3) is 0 Å². The zero-order valence-corrected chi connectivity index (χ0v) is 10.0. The lowest BCUT2D eigenvalue weighted by molar-refractivity contribution is 0.485. The van der Waals surface area contributed by atoms with Gasteiger partial charge in [-0.2, -0.15) is 0 Å². The quantitative estimate of drug-likeness (QED) is 0.472. The second-order valence-electron chi connectivity index (χ2n) is 3.88. The first-order valence-corrected chi connectivity index (χ1v) is 5.48. The minimum atomic E-state index is -0.297. The van der Waals surface area contributed by atoms with E-state index in [0.717, 1.165) is 12.0 Å². The predicted octanol–water partition coefficient (Wildman–Crippen LogP) is 3.34. The number of nitrogens with two attached hydrogens (primary N) is 1. The van der Waals surface area contributed by atoms with Gasteiger partial charge in [-0.1, -0.05) is 17.2 Å². The average Bonchev–Trinajstić information content (AvgIpc) is 2.23. The van der Waals surface area contributed by atoms with Crippen LogP contribution in [-0.4, -0.2) is 0 Å². The molecular formula is C12H16ClFN2. The van der Waals surface area contributed by atoms with Crippen LogP contribution in [-0.2, 0) is 0 Å². The number of halogens is 2. The first-order valence-electron chi connectivity index (χ1n) is 5.10. The van der Waals surface area contributed by atoms with Crippen LogP contribution in [0.2, 0.25) is 5.02 Å². The number of nitrogens with one attached hydrogen (secondary N) is 1. The molecule has 1 rings (SSSR count). The molecule has 2 nitrogen and oxygen atoms in total. The van der Waals surface area contributed by atoms with Crippen LogP contribution in [0.3, 0.4) is 0 Å². The van der Waals surface area contributed by atoms with Crippen LogP contribution in [0.4, 0.5) is 4.39 Å². The molecule has 1 aromatic rings.